The Hall–Kier alpha value is -3.40. The minimum Gasteiger partial charge on any atom is -0.354 e. The Bertz CT molecular complexity index is 1190. The average Bonchev–Trinajstić information content (AvgIpc) is 3.37. The van der Waals surface area contributed by atoms with Crippen LogP contribution in [-0.4, -0.2) is 48.6 Å². The van der Waals surface area contributed by atoms with E-state index in [-0.39, 0.29) is 21.7 Å². The first-order chi connectivity index (χ1) is 14.8. The van der Waals surface area contributed by atoms with Crippen molar-refractivity contribution in [1.29, 1.82) is 0 Å². The minimum absolute atomic E-state index is 0.000846. The summed E-state index contributed by atoms with van der Waals surface area (Å²) in [5, 5.41) is 13.0. The van der Waals surface area contributed by atoms with Crippen LogP contribution in [0.3, 0.4) is 0 Å². The van der Waals surface area contributed by atoms with Gasteiger partial charge in [0.15, 0.2) is 5.82 Å². The second-order valence-corrected chi connectivity index (χ2v) is 9.51. The van der Waals surface area contributed by atoms with E-state index in [0.29, 0.717) is 30.5 Å². The highest BCUT2D eigenvalue weighted by atomic mass is 32.2. The highest BCUT2D eigenvalue weighted by molar-refractivity contribution is 7.91. The van der Waals surface area contributed by atoms with E-state index in [2.05, 4.69) is 25.8 Å². The van der Waals surface area contributed by atoms with Crippen LogP contribution in [0.1, 0.15) is 19.0 Å². The molecule has 1 atom stereocenters. The fourth-order valence-electron chi connectivity index (χ4n) is 3.60. The molecule has 3 heterocycles. The molecule has 0 aliphatic carbocycles. The van der Waals surface area contributed by atoms with Gasteiger partial charge in [-0.3, -0.25) is 9.89 Å². The number of benzene rings is 1. The van der Waals surface area contributed by atoms with Gasteiger partial charge < -0.3 is 15.5 Å². The lowest BCUT2D eigenvalue weighted by Gasteiger charge is -2.20. The molecule has 0 spiro atoms. The normalized spacial score (nSPS) is 16.3. The monoisotopic (exact) mass is 440 g/mol. The summed E-state index contributed by atoms with van der Waals surface area (Å²) in [6.07, 6.45) is 0.762. The highest BCUT2D eigenvalue weighted by Gasteiger charge is 2.27. The number of pyridine rings is 1. The standard InChI is InChI=1S/C21H24N6O3S/c1-14-10-20(26-25-14)23-19-11-18(31(29,30)17-6-4-3-5-7-17)12-21(24-19)27-9-8-16(13-27)22-15(2)28/h3-7,10-12,16H,8-9,13H2,1-2H3,(H,22,28)(H2,23,24,25,26)/t16-/m0/s1. The lowest BCUT2D eigenvalue weighted by atomic mass is 10.2. The van der Waals surface area contributed by atoms with E-state index in [1.54, 1.807) is 36.4 Å². The Labute approximate surface area is 180 Å². The summed E-state index contributed by atoms with van der Waals surface area (Å²) in [5.41, 5.74) is 0.869. The van der Waals surface area contributed by atoms with Crippen LogP contribution in [0.2, 0.25) is 0 Å². The number of hydrogen-bond donors (Lipinski definition) is 3. The molecule has 0 radical (unpaired) electrons. The van der Waals surface area contributed by atoms with Gasteiger partial charge >= 0.3 is 0 Å². The summed E-state index contributed by atoms with van der Waals surface area (Å²) >= 11 is 0. The maximum Gasteiger partial charge on any atom is 0.217 e. The van der Waals surface area contributed by atoms with Crippen LogP contribution < -0.4 is 15.5 Å². The number of amides is 1. The van der Waals surface area contributed by atoms with Gasteiger partial charge in [-0.15, -0.1) is 0 Å². The Balaban J connectivity index is 1.71. The first-order valence-corrected chi connectivity index (χ1v) is 11.4. The number of hydrogen-bond acceptors (Lipinski definition) is 7. The maximum atomic E-state index is 13.3. The Morgan fingerprint density at radius 1 is 1.13 bits per heavy atom. The zero-order valence-corrected chi connectivity index (χ0v) is 18.1. The summed E-state index contributed by atoms with van der Waals surface area (Å²) in [4.78, 5) is 18.4. The average molecular weight is 441 g/mol. The van der Waals surface area contributed by atoms with Crippen LogP contribution in [0, 0.1) is 6.92 Å². The molecule has 0 bridgehead atoms. The number of aryl methyl sites for hydroxylation is 1. The molecule has 1 saturated heterocycles. The first-order valence-electron chi connectivity index (χ1n) is 9.94. The van der Waals surface area contributed by atoms with Gasteiger partial charge in [-0.25, -0.2) is 13.4 Å². The second-order valence-electron chi connectivity index (χ2n) is 7.56. The number of rotatable bonds is 6. The van der Waals surface area contributed by atoms with Crippen LogP contribution in [0.5, 0.6) is 0 Å². The molecule has 4 rings (SSSR count). The quantitative estimate of drug-likeness (QED) is 0.538. The fraction of sp³-hybridized carbons (Fsp3) is 0.286. The predicted octanol–water partition coefficient (Wildman–Crippen LogP) is 2.40. The molecule has 1 amide bonds. The number of H-pyrrole nitrogens is 1. The molecule has 1 aromatic carbocycles. The van der Waals surface area contributed by atoms with E-state index in [1.807, 2.05) is 17.9 Å². The SMILES string of the molecule is CC(=O)N[C@H]1CCN(c2cc(S(=O)(=O)c3ccccc3)cc(Nc3cc(C)[nH]n3)n2)C1. The number of sulfone groups is 1. The highest BCUT2D eigenvalue weighted by Crippen LogP contribution is 2.29. The number of anilines is 3. The van der Waals surface area contributed by atoms with E-state index in [1.165, 1.54) is 13.0 Å². The summed E-state index contributed by atoms with van der Waals surface area (Å²) < 4.78 is 26.5. The van der Waals surface area contributed by atoms with Crippen LogP contribution in [0.15, 0.2) is 58.3 Å². The molecule has 1 aliphatic heterocycles. The summed E-state index contributed by atoms with van der Waals surface area (Å²) in [6.45, 7) is 4.58. The topological polar surface area (TPSA) is 120 Å². The van der Waals surface area contributed by atoms with Crippen molar-refractivity contribution in [3.8, 4) is 0 Å². The zero-order valence-electron chi connectivity index (χ0n) is 17.3. The molecule has 31 heavy (non-hydrogen) atoms. The van der Waals surface area contributed by atoms with Crippen molar-refractivity contribution in [2.75, 3.05) is 23.3 Å². The first kappa shape index (κ1) is 20.9. The van der Waals surface area contributed by atoms with Gasteiger partial charge in [0.05, 0.1) is 9.79 Å². The maximum absolute atomic E-state index is 13.3. The summed E-state index contributed by atoms with van der Waals surface area (Å²) in [7, 11) is -3.74. The predicted molar refractivity (Wildman–Crippen MR) is 117 cm³/mol. The van der Waals surface area contributed by atoms with Gasteiger partial charge in [-0.2, -0.15) is 5.10 Å². The van der Waals surface area contributed by atoms with Crippen molar-refractivity contribution in [2.24, 2.45) is 0 Å². The zero-order chi connectivity index (χ0) is 22.0. The molecule has 9 nitrogen and oxygen atoms in total. The van der Waals surface area contributed by atoms with Crippen molar-refractivity contribution in [1.82, 2.24) is 20.5 Å². The summed E-state index contributed by atoms with van der Waals surface area (Å²) in [5.74, 6) is 1.36. The third-order valence-corrected chi connectivity index (χ3v) is 6.78. The van der Waals surface area contributed by atoms with E-state index in [0.717, 1.165) is 12.1 Å². The van der Waals surface area contributed by atoms with Gasteiger partial charge in [-0.1, -0.05) is 18.2 Å². The van der Waals surface area contributed by atoms with E-state index < -0.39 is 9.84 Å². The number of nitrogens with one attached hydrogen (secondary N) is 3. The van der Waals surface area contributed by atoms with E-state index in [4.69, 9.17) is 0 Å². The molecule has 3 N–H and O–H groups in total. The number of carbonyl (C=O) groups excluding carboxylic acids is 1. The third-order valence-electron chi connectivity index (χ3n) is 5.03. The molecule has 3 aromatic rings. The number of carbonyl (C=O) groups is 1. The third kappa shape index (κ3) is 4.69. The lowest BCUT2D eigenvalue weighted by molar-refractivity contribution is -0.119. The van der Waals surface area contributed by atoms with Crippen LogP contribution >= 0.6 is 0 Å². The van der Waals surface area contributed by atoms with E-state index >= 15 is 0 Å². The van der Waals surface area contributed by atoms with Crippen LogP contribution in [0.4, 0.5) is 17.5 Å². The van der Waals surface area contributed by atoms with Crippen molar-refractivity contribution >= 4 is 33.2 Å². The molecule has 1 aliphatic rings. The molecule has 10 heteroatoms. The van der Waals surface area contributed by atoms with Crippen molar-refractivity contribution < 1.29 is 13.2 Å². The van der Waals surface area contributed by atoms with Crippen molar-refractivity contribution in [3.05, 3.63) is 54.2 Å². The fourth-order valence-corrected chi connectivity index (χ4v) is 4.91. The molecule has 0 saturated carbocycles. The number of aromatic amines is 1. The van der Waals surface area contributed by atoms with Crippen molar-refractivity contribution in [2.45, 2.75) is 36.1 Å². The molecule has 2 aromatic heterocycles. The van der Waals surface area contributed by atoms with Crippen LogP contribution in [0.25, 0.3) is 0 Å². The molecule has 1 fully saturated rings. The van der Waals surface area contributed by atoms with Crippen molar-refractivity contribution in [3.63, 3.8) is 0 Å². The van der Waals surface area contributed by atoms with Gasteiger partial charge in [0, 0.05) is 43.9 Å². The minimum atomic E-state index is -3.74. The van der Waals surface area contributed by atoms with Crippen LogP contribution in [-0.2, 0) is 14.6 Å². The molecular formula is C21H24N6O3S. The van der Waals surface area contributed by atoms with Gasteiger partial charge in [0.25, 0.3) is 0 Å². The number of nitrogens with zero attached hydrogens (tertiary/aromatic N) is 3. The van der Waals surface area contributed by atoms with Gasteiger partial charge in [-0.05, 0) is 31.5 Å². The molecule has 0 unspecified atom stereocenters. The Morgan fingerprint density at radius 2 is 1.90 bits per heavy atom. The molecule has 162 valence electrons. The van der Waals surface area contributed by atoms with Gasteiger partial charge in [0.2, 0.25) is 15.7 Å². The Morgan fingerprint density at radius 3 is 2.58 bits per heavy atom. The smallest absolute Gasteiger partial charge is 0.217 e. The second kappa shape index (κ2) is 8.38. The largest absolute Gasteiger partial charge is 0.354 e. The molecular weight excluding hydrogens is 416 g/mol. The summed E-state index contributed by atoms with van der Waals surface area (Å²) in [6, 6.07) is 13.2. The van der Waals surface area contributed by atoms with E-state index in [9.17, 15) is 13.2 Å². The Kier molecular flexibility index (Phi) is 5.64. The van der Waals surface area contributed by atoms with Gasteiger partial charge in [0.1, 0.15) is 11.6 Å². The lowest BCUT2D eigenvalue weighted by Crippen LogP contribution is -2.35. The number of aromatic nitrogens is 3.